The van der Waals surface area contributed by atoms with Gasteiger partial charge in [-0.05, 0) is 12.8 Å². The zero-order valence-electron chi connectivity index (χ0n) is 8.79. The van der Waals surface area contributed by atoms with Gasteiger partial charge < -0.3 is 10.2 Å². The summed E-state index contributed by atoms with van der Waals surface area (Å²) in [5.74, 6) is -1.61. The third-order valence-corrected chi connectivity index (χ3v) is 4.05. The number of aliphatic carboxylic acids is 1. The van der Waals surface area contributed by atoms with Crippen LogP contribution in [0.1, 0.15) is 12.8 Å². The van der Waals surface area contributed by atoms with Crippen molar-refractivity contribution in [1.29, 1.82) is 0 Å². The third-order valence-electron chi connectivity index (χ3n) is 2.47. The Labute approximate surface area is 94.2 Å². The van der Waals surface area contributed by atoms with E-state index in [0.29, 0.717) is 19.4 Å². The lowest BCUT2D eigenvalue weighted by Crippen LogP contribution is -2.47. The molecule has 1 unspecified atom stereocenters. The number of nitrogens with zero attached hydrogens (tertiary/aromatic N) is 1. The van der Waals surface area contributed by atoms with Crippen LogP contribution in [0.3, 0.4) is 0 Å². The zero-order chi connectivity index (χ0) is 12.2. The second kappa shape index (κ2) is 5.58. The van der Waals surface area contributed by atoms with Gasteiger partial charge in [-0.3, -0.25) is 4.79 Å². The predicted molar refractivity (Wildman–Crippen MR) is 55.9 cm³/mol. The Bertz CT molecular complexity index is 342. The van der Waals surface area contributed by atoms with Gasteiger partial charge in [0.15, 0.2) is 0 Å². The predicted octanol–water partition coefficient (Wildman–Crippen LogP) is -1.39. The lowest BCUT2D eigenvalue weighted by molar-refractivity contribution is -0.142. The maximum atomic E-state index is 11.6. The van der Waals surface area contributed by atoms with Crippen molar-refractivity contribution in [2.24, 2.45) is 5.92 Å². The first kappa shape index (κ1) is 13.4. The van der Waals surface area contributed by atoms with E-state index in [2.05, 4.69) is 4.72 Å². The maximum absolute atomic E-state index is 11.6. The van der Waals surface area contributed by atoms with Gasteiger partial charge in [0.1, 0.15) is 0 Å². The van der Waals surface area contributed by atoms with Crippen molar-refractivity contribution in [3.05, 3.63) is 0 Å². The summed E-state index contributed by atoms with van der Waals surface area (Å²) in [5, 5.41) is 17.3. The summed E-state index contributed by atoms with van der Waals surface area (Å²) in [6.07, 6.45) is 1.04. The van der Waals surface area contributed by atoms with E-state index in [9.17, 15) is 13.2 Å². The van der Waals surface area contributed by atoms with Crippen LogP contribution in [0.25, 0.3) is 0 Å². The van der Waals surface area contributed by atoms with E-state index in [1.807, 2.05) is 0 Å². The van der Waals surface area contributed by atoms with Crippen molar-refractivity contribution in [3.8, 4) is 0 Å². The number of aliphatic hydroxyl groups is 1. The number of carboxylic acids is 1. The molecule has 0 aromatic rings. The van der Waals surface area contributed by atoms with Gasteiger partial charge in [0.25, 0.3) is 10.2 Å². The van der Waals surface area contributed by atoms with Crippen LogP contribution >= 0.6 is 0 Å². The minimum absolute atomic E-state index is 0.00387. The molecule has 1 saturated heterocycles. The van der Waals surface area contributed by atoms with Gasteiger partial charge in [0, 0.05) is 19.6 Å². The van der Waals surface area contributed by atoms with Crippen molar-refractivity contribution in [3.63, 3.8) is 0 Å². The summed E-state index contributed by atoms with van der Waals surface area (Å²) >= 11 is 0. The molecule has 1 atom stereocenters. The highest BCUT2D eigenvalue weighted by atomic mass is 32.2. The summed E-state index contributed by atoms with van der Waals surface area (Å²) in [5.41, 5.74) is 0. The molecule has 1 aliphatic rings. The van der Waals surface area contributed by atoms with E-state index in [0.717, 1.165) is 4.31 Å². The number of nitrogens with one attached hydrogen (secondary N) is 1. The molecule has 0 spiro atoms. The van der Waals surface area contributed by atoms with Gasteiger partial charge in [0.2, 0.25) is 0 Å². The average molecular weight is 252 g/mol. The maximum Gasteiger partial charge on any atom is 0.307 e. The fourth-order valence-electron chi connectivity index (χ4n) is 1.63. The SMILES string of the molecule is O=C(O)C1CCCN(S(=O)(=O)NCCO)C1. The molecule has 1 aliphatic heterocycles. The highest BCUT2D eigenvalue weighted by Crippen LogP contribution is 2.18. The number of carbonyl (C=O) groups is 1. The van der Waals surface area contributed by atoms with Crippen LogP contribution in [0.15, 0.2) is 0 Å². The summed E-state index contributed by atoms with van der Waals surface area (Å²) in [6.45, 7) is -0.0212. The Balaban J connectivity index is 2.62. The van der Waals surface area contributed by atoms with Crippen LogP contribution < -0.4 is 4.72 Å². The molecular formula is C8H16N2O5S. The molecule has 8 heteroatoms. The van der Waals surface area contributed by atoms with Crippen molar-refractivity contribution in [2.45, 2.75) is 12.8 Å². The smallest absolute Gasteiger partial charge is 0.307 e. The molecule has 1 fully saturated rings. The van der Waals surface area contributed by atoms with Crippen LogP contribution in [0.2, 0.25) is 0 Å². The minimum atomic E-state index is -3.65. The summed E-state index contributed by atoms with van der Waals surface area (Å²) in [6, 6.07) is 0. The lowest BCUT2D eigenvalue weighted by Gasteiger charge is -2.29. The third kappa shape index (κ3) is 3.41. The molecule has 1 rings (SSSR count). The standard InChI is InChI=1S/C8H16N2O5S/c11-5-3-9-16(14,15)10-4-1-2-7(6-10)8(12)13/h7,9,11H,1-6H2,(H,12,13). The Morgan fingerprint density at radius 2 is 2.19 bits per heavy atom. The first-order valence-corrected chi connectivity index (χ1v) is 6.50. The van der Waals surface area contributed by atoms with E-state index in [1.165, 1.54) is 0 Å². The number of hydrogen-bond donors (Lipinski definition) is 3. The second-order valence-electron chi connectivity index (χ2n) is 3.66. The lowest BCUT2D eigenvalue weighted by atomic mass is 10.0. The Kier molecular flexibility index (Phi) is 4.66. The van der Waals surface area contributed by atoms with Gasteiger partial charge in [0.05, 0.1) is 12.5 Å². The zero-order valence-corrected chi connectivity index (χ0v) is 9.61. The summed E-state index contributed by atoms with van der Waals surface area (Å²) in [7, 11) is -3.65. The van der Waals surface area contributed by atoms with Crippen LogP contribution in [0.5, 0.6) is 0 Å². The monoisotopic (exact) mass is 252 g/mol. The van der Waals surface area contributed by atoms with E-state index in [4.69, 9.17) is 10.2 Å². The molecule has 0 amide bonds. The van der Waals surface area contributed by atoms with Crippen molar-refractivity contribution in [2.75, 3.05) is 26.2 Å². The number of hydrogen-bond acceptors (Lipinski definition) is 4. The highest BCUT2D eigenvalue weighted by Gasteiger charge is 2.31. The summed E-state index contributed by atoms with van der Waals surface area (Å²) in [4.78, 5) is 10.8. The molecule has 3 N–H and O–H groups in total. The number of piperidine rings is 1. The van der Waals surface area contributed by atoms with Gasteiger partial charge in [-0.1, -0.05) is 0 Å². The van der Waals surface area contributed by atoms with E-state index < -0.39 is 22.1 Å². The van der Waals surface area contributed by atoms with Gasteiger partial charge in [-0.25, -0.2) is 0 Å². The number of rotatable bonds is 5. The molecule has 0 saturated carbocycles. The van der Waals surface area contributed by atoms with Crippen molar-refractivity contribution < 1.29 is 23.4 Å². The minimum Gasteiger partial charge on any atom is -0.481 e. The fourth-order valence-corrected chi connectivity index (χ4v) is 2.91. The normalized spacial score (nSPS) is 23.2. The Hall–Kier alpha value is -0.700. The molecule has 0 bridgehead atoms. The number of aliphatic hydroxyl groups excluding tert-OH is 1. The number of carboxylic acid groups (broad SMARTS) is 1. The van der Waals surface area contributed by atoms with Gasteiger partial charge >= 0.3 is 5.97 Å². The molecule has 7 nitrogen and oxygen atoms in total. The topological polar surface area (TPSA) is 107 Å². The quantitative estimate of drug-likeness (QED) is 0.558. The van der Waals surface area contributed by atoms with Gasteiger partial charge in [-0.15, -0.1) is 0 Å². The Morgan fingerprint density at radius 1 is 1.50 bits per heavy atom. The van der Waals surface area contributed by atoms with Crippen LogP contribution in [-0.4, -0.2) is 55.1 Å². The van der Waals surface area contributed by atoms with Crippen LogP contribution in [0.4, 0.5) is 0 Å². The first-order chi connectivity index (χ1) is 7.47. The molecule has 0 aromatic carbocycles. The van der Waals surface area contributed by atoms with Crippen LogP contribution in [-0.2, 0) is 15.0 Å². The highest BCUT2D eigenvalue weighted by molar-refractivity contribution is 7.87. The first-order valence-electron chi connectivity index (χ1n) is 5.06. The largest absolute Gasteiger partial charge is 0.481 e. The summed E-state index contributed by atoms with van der Waals surface area (Å²) < 4.78 is 26.6. The second-order valence-corrected chi connectivity index (χ2v) is 5.41. The van der Waals surface area contributed by atoms with Crippen LogP contribution in [0, 0.1) is 5.92 Å². The fraction of sp³-hybridized carbons (Fsp3) is 0.875. The van der Waals surface area contributed by atoms with E-state index in [-0.39, 0.29) is 19.7 Å². The average Bonchev–Trinajstić information content (AvgIpc) is 2.26. The van der Waals surface area contributed by atoms with E-state index >= 15 is 0 Å². The van der Waals surface area contributed by atoms with Gasteiger partial charge in [-0.2, -0.15) is 17.4 Å². The molecule has 0 aliphatic carbocycles. The van der Waals surface area contributed by atoms with Crippen molar-refractivity contribution >= 4 is 16.2 Å². The Morgan fingerprint density at radius 3 is 2.75 bits per heavy atom. The van der Waals surface area contributed by atoms with Crippen molar-refractivity contribution in [1.82, 2.24) is 9.03 Å². The molecule has 0 radical (unpaired) electrons. The molecular weight excluding hydrogens is 236 g/mol. The molecule has 94 valence electrons. The molecule has 16 heavy (non-hydrogen) atoms. The molecule has 0 aromatic heterocycles. The molecule has 1 heterocycles. The van der Waals surface area contributed by atoms with E-state index in [1.54, 1.807) is 0 Å².